The molecule has 0 aromatic heterocycles. The summed E-state index contributed by atoms with van der Waals surface area (Å²) in [7, 11) is 4.46. The van der Waals surface area contributed by atoms with E-state index in [2.05, 4.69) is 4.74 Å². The van der Waals surface area contributed by atoms with Crippen molar-refractivity contribution < 1.29 is 33.3 Å². The van der Waals surface area contributed by atoms with Crippen molar-refractivity contribution in [2.75, 3.05) is 47.6 Å². The van der Waals surface area contributed by atoms with E-state index in [1.54, 1.807) is 17.0 Å². The third-order valence-electron chi connectivity index (χ3n) is 4.44. The van der Waals surface area contributed by atoms with Gasteiger partial charge in [-0.1, -0.05) is 0 Å². The monoisotopic (exact) mass is 364 g/mol. The van der Waals surface area contributed by atoms with Crippen LogP contribution in [0.15, 0.2) is 12.1 Å². The van der Waals surface area contributed by atoms with Gasteiger partial charge in [-0.2, -0.15) is 0 Å². The molecule has 0 saturated carbocycles. The molecule has 2 aliphatic rings. The van der Waals surface area contributed by atoms with Crippen molar-refractivity contribution >= 4 is 17.9 Å². The Morgan fingerprint density at radius 2 is 1.73 bits per heavy atom. The van der Waals surface area contributed by atoms with Crippen LogP contribution in [0, 0.1) is 5.92 Å². The summed E-state index contributed by atoms with van der Waals surface area (Å²) in [4.78, 5) is 38.4. The number of nitrogens with zero attached hydrogens (tertiary/aromatic N) is 2. The molecule has 0 spiro atoms. The van der Waals surface area contributed by atoms with Gasteiger partial charge in [0.25, 0.3) is 11.8 Å². The Morgan fingerprint density at radius 3 is 2.19 bits per heavy atom. The van der Waals surface area contributed by atoms with Crippen LogP contribution in [0.5, 0.6) is 17.2 Å². The zero-order valence-corrected chi connectivity index (χ0v) is 14.8. The van der Waals surface area contributed by atoms with E-state index in [1.807, 2.05) is 0 Å². The van der Waals surface area contributed by atoms with E-state index in [1.165, 1.54) is 21.3 Å². The molecule has 2 fully saturated rings. The maximum atomic E-state index is 12.7. The fourth-order valence-corrected chi connectivity index (χ4v) is 3.05. The Balaban J connectivity index is 1.66. The van der Waals surface area contributed by atoms with Crippen LogP contribution in [-0.4, -0.2) is 75.3 Å². The Labute approximate surface area is 150 Å². The molecule has 2 aliphatic heterocycles. The second-order valence-corrected chi connectivity index (χ2v) is 6.05. The van der Waals surface area contributed by atoms with E-state index in [0.29, 0.717) is 35.9 Å². The topological polar surface area (TPSA) is 94.6 Å². The van der Waals surface area contributed by atoms with Crippen molar-refractivity contribution in [2.24, 2.45) is 5.92 Å². The van der Waals surface area contributed by atoms with E-state index in [4.69, 9.17) is 14.2 Å². The van der Waals surface area contributed by atoms with E-state index in [9.17, 15) is 14.4 Å². The summed E-state index contributed by atoms with van der Waals surface area (Å²) >= 11 is 0. The molecule has 1 aromatic carbocycles. The van der Waals surface area contributed by atoms with Crippen molar-refractivity contribution in [1.29, 1.82) is 0 Å². The average Bonchev–Trinajstić information content (AvgIpc) is 2.93. The van der Waals surface area contributed by atoms with E-state index < -0.39 is 6.09 Å². The molecule has 0 N–H and O–H groups in total. The number of hydrogen-bond donors (Lipinski definition) is 0. The van der Waals surface area contributed by atoms with Crippen LogP contribution in [0.3, 0.4) is 0 Å². The minimum absolute atomic E-state index is 0.0376. The molecule has 2 heterocycles. The molecule has 0 atom stereocenters. The SMILES string of the molecule is COc1cc(C(=O)N2CC(CN3C(=O)COC3=O)C2)cc(OC)c1OC. The second-order valence-electron chi connectivity index (χ2n) is 6.05. The molecule has 140 valence electrons. The van der Waals surface area contributed by atoms with Gasteiger partial charge in [0.15, 0.2) is 18.1 Å². The van der Waals surface area contributed by atoms with Gasteiger partial charge in [-0.25, -0.2) is 9.69 Å². The number of imide groups is 1. The van der Waals surface area contributed by atoms with Crippen LogP contribution >= 0.6 is 0 Å². The first-order chi connectivity index (χ1) is 12.5. The van der Waals surface area contributed by atoms with Gasteiger partial charge >= 0.3 is 6.09 Å². The first-order valence-electron chi connectivity index (χ1n) is 8.04. The van der Waals surface area contributed by atoms with Crippen LogP contribution in [-0.2, 0) is 9.53 Å². The molecule has 0 unspecified atom stereocenters. The minimum Gasteiger partial charge on any atom is -0.493 e. The van der Waals surface area contributed by atoms with Crippen LogP contribution in [0.1, 0.15) is 10.4 Å². The van der Waals surface area contributed by atoms with Crippen LogP contribution in [0.4, 0.5) is 4.79 Å². The summed E-state index contributed by atoms with van der Waals surface area (Å²) in [6, 6.07) is 3.19. The summed E-state index contributed by atoms with van der Waals surface area (Å²) in [6.45, 7) is 0.954. The lowest BCUT2D eigenvalue weighted by molar-refractivity contribution is -0.126. The van der Waals surface area contributed by atoms with E-state index in [0.717, 1.165) is 4.90 Å². The standard InChI is InChI=1S/C17H20N2O7/c1-23-12-4-11(5-13(24-2)15(12)25-3)16(21)18-6-10(7-18)8-19-14(20)9-26-17(19)22/h4-5,10H,6-9H2,1-3H3. The van der Waals surface area contributed by atoms with Gasteiger partial charge in [0.2, 0.25) is 5.75 Å². The van der Waals surface area contributed by atoms with Crippen LogP contribution in [0.25, 0.3) is 0 Å². The summed E-state index contributed by atoms with van der Waals surface area (Å²) in [5, 5.41) is 0. The fraction of sp³-hybridized carbons (Fsp3) is 0.471. The maximum absolute atomic E-state index is 12.7. The number of amides is 3. The van der Waals surface area contributed by atoms with Gasteiger partial charge in [-0.05, 0) is 12.1 Å². The summed E-state index contributed by atoms with van der Waals surface area (Å²) in [5.41, 5.74) is 0.412. The average molecular weight is 364 g/mol. The second kappa shape index (κ2) is 7.11. The molecular weight excluding hydrogens is 344 g/mol. The number of cyclic esters (lactones) is 1. The number of ether oxygens (including phenoxy) is 4. The smallest absolute Gasteiger partial charge is 0.417 e. The largest absolute Gasteiger partial charge is 0.493 e. The number of methoxy groups -OCH3 is 3. The lowest BCUT2D eigenvalue weighted by atomic mass is 9.98. The van der Waals surface area contributed by atoms with Crippen molar-refractivity contribution in [2.45, 2.75) is 0 Å². The van der Waals surface area contributed by atoms with Crippen LogP contribution in [0.2, 0.25) is 0 Å². The molecule has 0 radical (unpaired) electrons. The van der Waals surface area contributed by atoms with Crippen LogP contribution < -0.4 is 14.2 Å². The number of carbonyl (C=O) groups excluding carboxylic acids is 3. The Bertz CT molecular complexity index is 702. The predicted octanol–water partition coefficient (Wildman–Crippen LogP) is 0.763. The molecule has 3 rings (SSSR count). The number of likely N-dealkylation sites (tertiary alicyclic amines) is 1. The van der Waals surface area contributed by atoms with Gasteiger partial charge in [-0.3, -0.25) is 9.59 Å². The predicted molar refractivity (Wildman–Crippen MR) is 88.6 cm³/mol. The Hall–Kier alpha value is -2.97. The lowest BCUT2D eigenvalue weighted by Crippen LogP contribution is -2.54. The highest BCUT2D eigenvalue weighted by Gasteiger charge is 2.38. The number of rotatable bonds is 6. The molecule has 9 nitrogen and oxygen atoms in total. The molecule has 9 heteroatoms. The van der Waals surface area contributed by atoms with Gasteiger partial charge < -0.3 is 23.8 Å². The normalized spacial score (nSPS) is 17.0. The van der Waals surface area contributed by atoms with Crippen molar-refractivity contribution in [3.8, 4) is 17.2 Å². The molecule has 26 heavy (non-hydrogen) atoms. The van der Waals surface area contributed by atoms with Gasteiger partial charge in [-0.15, -0.1) is 0 Å². The first kappa shape index (κ1) is 17.8. The third kappa shape index (κ3) is 3.12. The highest BCUT2D eigenvalue weighted by atomic mass is 16.6. The molecule has 0 aliphatic carbocycles. The fourth-order valence-electron chi connectivity index (χ4n) is 3.05. The minimum atomic E-state index is -0.621. The quantitative estimate of drug-likeness (QED) is 0.735. The number of hydrogen-bond acceptors (Lipinski definition) is 7. The number of carbonyl (C=O) groups is 3. The molecule has 0 bridgehead atoms. The van der Waals surface area contributed by atoms with Crippen molar-refractivity contribution in [1.82, 2.24) is 9.80 Å². The lowest BCUT2D eigenvalue weighted by Gasteiger charge is -2.40. The maximum Gasteiger partial charge on any atom is 0.417 e. The van der Waals surface area contributed by atoms with Gasteiger partial charge in [0.05, 0.1) is 21.3 Å². The Kier molecular flexibility index (Phi) is 4.88. The van der Waals surface area contributed by atoms with Crippen molar-refractivity contribution in [3.63, 3.8) is 0 Å². The zero-order chi connectivity index (χ0) is 18.8. The summed E-state index contributed by atoms with van der Waals surface area (Å²) < 4.78 is 20.5. The Morgan fingerprint density at radius 1 is 1.12 bits per heavy atom. The summed E-state index contributed by atoms with van der Waals surface area (Å²) in [5.74, 6) is 0.727. The highest BCUT2D eigenvalue weighted by molar-refractivity contribution is 5.98. The van der Waals surface area contributed by atoms with Gasteiger partial charge in [0, 0.05) is 31.1 Å². The van der Waals surface area contributed by atoms with E-state index in [-0.39, 0.29) is 30.9 Å². The molecule has 2 saturated heterocycles. The number of benzene rings is 1. The molecular formula is C17H20N2O7. The van der Waals surface area contributed by atoms with Crippen molar-refractivity contribution in [3.05, 3.63) is 17.7 Å². The van der Waals surface area contributed by atoms with Gasteiger partial charge in [0.1, 0.15) is 0 Å². The first-order valence-corrected chi connectivity index (χ1v) is 8.04. The van der Waals surface area contributed by atoms with E-state index >= 15 is 0 Å². The highest BCUT2D eigenvalue weighted by Crippen LogP contribution is 2.38. The zero-order valence-electron chi connectivity index (χ0n) is 14.8. The molecule has 1 aromatic rings. The third-order valence-corrected chi connectivity index (χ3v) is 4.44. The summed E-state index contributed by atoms with van der Waals surface area (Å²) in [6.07, 6.45) is -0.621. The molecule has 3 amide bonds.